The summed E-state index contributed by atoms with van der Waals surface area (Å²) in [5.74, 6) is 0. The fourth-order valence-electron chi connectivity index (χ4n) is 2.13. The first-order chi connectivity index (χ1) is 8.66. The van der Waals surface area contributed by atoms with Crippen molar-refractivity contribution in [1.29, 1.82) is 0 Å². The topological polar surface area (TPSA) is 63.4 Å². The number of nitro groups is 1. The van der Waals surface area contributed by atoms with Gasteiger partial charge >= 0.3 is 0 Å². The molecule has 1 atom stereocenters. The normalized spacial score (nSPS) is 12.6. The predicted octanol–water partition coefficient (Wildman–Crippen LogP) is 3.94. The Balaban J connectivity index is 3.09. The Morgan fingerprint density at radius 1 is 0.944 bits per heavy atom. The summed E-state index contributed by atoms with van der Waals surface area (Å²) >= 11 is 0. The molecule has 0 bridgehead atoms. The summed E-state index contributed by atoms with van der Waals surface area (Å²) in [5.41, 5.74) is 0. The summed E-state index contributed by atoms with van der Waals surface area (Å²) in [6.45, 7) is 1.92. The van der Waals surface area contributed by atoms with Crippen molar-refractivity contribution in [2.45, 2.75) is 83.7 Å². The smallest absolute Gasteiger partial charge is 0.229 e. The Labute approximate surface area is 111 Å². The van der Waals surface area contributed by atoms with Crippen LogP contribution in [0.3, 0.4) is 0 Å². The summed E-state index contributed by atoms with van der Waals surface area (Å²) < 4.78 is 0. The van der Waals surface area contributed by atoms with Crippen LogP contribution in [0, 0.1) is 10.1 Å². The van der Waals surface area contributed by atoms with Gasteiger partial charge in [0.05, 0.1) is 0 Å². The third-order valence-corrected chi connectivity index (χ3v) is 3.25. The van der Waals surface area contributed by atoms with E-state index in [0.717, 1.165) is 12.8 Å². The number of rotatable bonds is 13. The molecule has 0 aromatic heterocycles. The second-order valence-electron chi connectivity index (χ2n) is 5.14. The molecule has 4 heteroatoms. The fraction of sp³-hybridized carbons (Fsp3) is 1.00. The zero-order valence-corrected chi connectivity index (χ0v) is 11.8. The molecular formula is C14H29NO3. The maximum absolute atomic E-state index is 10.1. The molecule has 0 saturated heterocycles. The van der Waals surface area contributed by atoms with Crippen LogP contribution < -0.4 is 0 Å². The molecule has 0 rings (SSSR count). The van der Waals surface area contributed by atoms with Gasteiger partial charge in [0, 0.05) is 4.92 Å². The molecule has 4 nitrogen and oxygen atoms in total. The second-order valence-corrected chi connectivity index (χ2v) is 5.14. The molecule has 0 aliphatic rings. The predicted molar refractivity (Wildman–Crippen MR) is 74.3 cm³/mol. The van der Waals surface area contributed by atoms with Gasteiger partial charge in [-0.1, -0.05) is 71.1 Å². The van der Waals surface area contributed by atoms with Gasteiger partial charge in [-0.2, -0.15) is 0 Å². The molecule has 108 valence electrons. The lowest BCUT2D eigenvalue weighted by atomic mass is 10.0. The van der Waals surface area contributed by atoms with Crippen LogP contribution >= 0.6 is 0 Å². The van der Waals surface area contributed by atoms with Crippen LogP contribution in [0.15, 0.2) is 0 Å². The van der Waals surface area contributed by atoms with Crippen molar-refractivity contribution >= 4 is 0 Å². The standard InChI is InChI=1S/C14H29NO3/c1-2-3-4-5-6-7-8-9-10-11-12-14(16)13-15(17)18/h14,16H,2-13H2,1H3. The highest BCUT2D eigenvalue weighted by Crippen LogP contribution is 2.11. The lowest BCUT2D eigenvalue weighted by Crippen LogP contribution is -2.18. The minimum Gasteiger partial charge on any atom is -0.386 e. The quantitative estimate of drug-likeness (QED) is 0.309. The van der Waals surface area contributed by atoms with Gasteiger partial charge in [0.15, 0.2) is 0 Å². The molecule has 0 fully saturated rings. The van der Waals surface area contributed by atoms with E-state index in [0.29, 0.717) is 6.42 Å². The van der Waals surface area contributed by atoms with Crippen molar-refractivity contribution in [3.8, 4) is 0 Å². The van der Waals surface area contributed by atoms with Crippen LogP contribution in [-0.4, -0.2) is 22.7 Å². The zero-order valence-electron chi connectivity index (χ0n) is 11.8. The Bertz CT molecular complexity index is 197. The number of aliphatic hydroxyl groups is 1. The van der Waals surface area contributed by atoms with E-state index in [4.69, 9.17) is 0 Å². The van der Waals surface area contributed by atoms with E-state index in [1.54, 1.807) is 0 Å². The molecule has 0 heterocycles. The molecule has 18 heavy (non-hydrogen) atoms. The SMILES string of the molecule is CCCCCCCCCCCCC(O)C[N+](=O)[O-]. The van der Waals surface area contributed by atoms with Crippen molar-refractivity contribution < 1.29 is 10.0 Å². The van der Waals surface area contributed by atoms with Crippen LogP contribution in [0.5, 0.6) is 0 Å². The lowest BCUT2D eigenvalue weighted by Gasteiger charge is -2.05. The number of hydrogen-bond acceptors (Lipinski definition) is 3. The average molecular weight is 259 g/mol. The highest BCUT2D eigenvalue weighted by molar-refractivity contribution is 4.54. The number of aliphatic hydroxyl groups excluding tert-OH is 1. The van der Waals surface area contributed by atoms with Crippen molar-refractivity contribution in [2.75, 3.05) is 6.54 Å². The van der Waals surface area contributed by atoms with Gasteiger partial charge in [0.2, 0.25) is 6.54 Å². The number of nitrogens with zero attached hydrogens (tertiary/aromatic N) is 1. The Morgan fingerprint density at radius 2 is 1.39 bits per heavy atom. The lowest BCUT2D eigenvalue weighted by molar-refractivity contribution is -0.490. The minimum absolute atomic E-state index is 0.308. The van der Waals surface area contributed by atoms with Crippen LogP contribution in [0.25, 0.3) is 0 Å². The van der Waals surface area contributed by atoms with E-state index in [1.807, 2.05) is 0 Å². The summed E-state index contributed by atoms with van der Waals surface area (Å²) in [6, 6.07) is 0. The Kier molecular flexibility index (Phi) is 12.4. The van der Waals surface area contributed by atoms with Crippen LogP contribution in [-0.2, 0) is 0 Å². The van der Waals surface area contributed by atoms with Crippen LogP contribution in [0.4, 0.5) is 0 Å². The van der Waals surface area contributed by atoms with Gasteiger partial charge in [-0.3, -0.25) is 10.1 Å². The number of hydrogen-bond donors (Lipinski definition) is 1. The zero-order chi connectivity index (χ0) is 13.6. The summed E-state index contributed by atoms with van der Waals surface area (Å²) in [4.78, 5) is 9.69. The van der Waals surface area contributed by atoms with E-state index >= 15 is 0 Å². The molecule has 1 unspecified atom stereocenters. The first-order valence-corrected chi connectivity index (χ1v) is 7.46. The van der Waals surface area contributed by atoms with Gasteiger partial charge < -0.3 is 5.11 Å². The van der Waals surface area contributed by atoms with Crippen molar-refractivity contribution in [2.24, 2.45) is 0 Å². The molecule has 0 amide bonds. The van der Waals surface area contributed by atoms with Gasteiger partial charge in [-0.25, -0.2) is 0 Å². The molecule has 0 aromatic carbocycles. The molecule has 0 aliphatic carbocycles. The van der Waals surface area contributed by atoms with Crippen molar-refractivity contribution in [3.05, 3.63) is 10.1 Å². The van der Waals surface area contributed by atoms with E-state index in [-0.39, 0.29) is 6.54 Å². The third-order valence-electron chi connectivity index (χ3n) is 3.25. The first kappa shape index (κ1) is 17.4. The van der Waals surface area contributed by atoms with E-state index in [9.17, 15) is 15.2 Å². The van der Waals surface area contributed by atoms with Gasteiger partial charge in [0.1, 0.15) is 6.10 Å². The Hall–Kier alpha value is -0.640. The monoisotopic (exact) mass is 259 g/mol. The highest BCUT2D eigenvalue weighted by Gasteiger charge is 2.10. The summed E-state index contributed by atoms with van der Waals surface area (Å²) in [7, 11) is 0. The maximum atomic E-state index is 10.1. The van der Waals surface area contributed by atoms with Gasteiger partial charge in [-0.05, 0) is 6.42 Å². The Morgan fingerprint density at radius 3 is 1.83 bits per heavy atom. The van der Waals surface area contributed by atoms with E-state index in [1.165, 1.54) is 51.4 Å². The molecule has 0 spiro atoms. The van der Waals surface area contributed by atoms with Crippen molar-refractivity contribution in [3.63, 3.8) is 0 Å². The summed E-state index contributed by atoms with van der Waals surface area (Å²) in [5, 5.41) is 19.4. The molecule has 0 aromatic rings. The number of unbranched alkanes of at least 4 members (excludes halogenated alkanes) is 9. The first-order valence-electron chi connectivity index (χ1n) is 7.46. The second kappa shape index (κ2) is 12.8. The molecular weight excluding hydrogens is 230 g/mol. The largest absolute Gasteiger partial charge is 0.386 e. The van der Waals surface area contributed by atoms with Crippen LogP contribution in [0.1, 0.15) is 77.6 Å². The van der Waals surface area contributed by atoms with Crippen molar-refractivity contribution in [1.82, 2.24) is 0 Å². The fourth-order valence-corrected chi connectivity index (χ4v) is 2.13. The minimum atomic E-state index is -0.756. The van der Waals surface area contributed by atoms with E-state index < -0.39 is 11.0 Å². The van der Waals surface area contributed by atoms with E-state index in [2.05, 4.69) is 6.92 Å². The molecule has 0 aliphatic heterocycles. The molecule has 0 saturated carbocycles. The maximum Gasteiger partial charge on any atom is 0.229 e. The van der Waals surface area contributed by atoms with Gasteiger partial charge in [-0.15, -0.1) is 0 Å². The summed E-state index contributed by atoms with van der Waals surface area (Å²) in [6.07, 6.45) is 12.3. The van der Waals surface area contributed by atoms with Gasteiger partial charge in [0.25, 0.3) is 0 Å². The average Bonchev–Trinajstić information content (AvgIpc) is 2.30. The third kappa shape index (κ3) is 13.4. The van der Waals surface area contributed by atoms with Crippen LogP contribution in [0.2, 0.25) is 0 Å². The molecule has 1 N–H and O–H groups in total. The highest BCUT2D eigenvalue weighted by atomic mass is 16.6. The molecule has 0 radical (unpaired) electrons.